The lowest BCUT2D eigenvalue weighted by Gasteiger charge is -1.84. The molecule has 0 aromatic carbocycles. The van der Waals surface area contributed by atoms with Crippen LogP contribution in [0.5, 0.6) is 0 Å². The third-order valence-electron chi connectivity index (χ3n) is 1.60. The van der Waals surface area contributed by atoms with Crippen LogP contribution in [0.15, 0.2) is 21.6 Å². The molecule has 1 aromatic rings. The van der Waals surface area contributed by atoms with Gasteiger partial charge in [-0.3, -0.25) is 0 Å². The van der Waals surface area contributed by atoms with E-state index in [0.29, 0.717) is 0 Å². The molecule has 0 saturated heterocycles. The highest BCUT2D eigenvalue weighted by Gasteiger charge is 2.06. The van der Waals surface area contributed by atoms with Crippen LogP contribution in [0.3, 0.4) is 0 Å². The number of hydrogen-bond donors (Lipinski definition) is 0. The smallest absolute Gasteiger partial charge is 0.193 e. The zero-order chi connectivity index (χ0) is 8.60. The van der Waals surface area contributed by atoms with E-state index in [9.17, 15) is 8.42 Å². The predicted molar refractivity (Wildman–Crippen MR) is 51.3 cm³/mol. The van der Waals surface area contributed by atoms with Gasteiger partial charge in [-0.25, -0.2) is 8.42 Å². The molecule has 4 heteroatoms. The van der Waals surface area contributed by atoms with Gasteiger partial charge in [0.1, 0.15) is 0 Å². The van der Waals surface area contributed by atoms with E-state index in [1.807, 2.05) is 10.8 Å². The van der Waals surface area contributed by atoms with Gasteiger partial charge in [-0.05, 0) is 34.0 Å². The highest BCUT2D eigenvalue weighted by Crippen LogP contribution is 2.22. The maximum atomic E-state index is 11.1. The first-order valence-corrected chi connectivity index (χ1v) is 5.90. The lowest BCUT2D eigenvalue weighted by molar-refractivity contribution is 0.613. The zero-order valence-electron chi connectivity index (χ0n) is 6.10. The van der Waals surface area contributed by atoms with E-state index in [4.69, 9.17) is 0 Å². The normalized spacial score (nSPS) is 18.7. The molecule has 12 heavy (non-hydrogen) atoms. The summed E-state index contributed by atoms with van der Waals surface area (Å²) in [5, 5.41) is 6.30. The van der Waals surface area contributed by atoms with E-state index < -0.39 is 9.84 Å². The van der Waals surface area contributed by atoms with Crippen LogP contribution in [0.4, 0.5) is 0 Å². The Bertz CT molecular complexity index is 415. The van der Waals surface area contributed by atoms with E-state index in [2.05, 4.69) is 0 Å². The van der Waals surface area contributed by atoms with E-state index in [1.165, 1.54) is 10.8 Å². The van der Waals surface area contributed by atoms with Crippen LogP contribution < -0.4 is 0 Å². The molecule has 0 amide bonds. The average Bonchev–Trinajstić information content (AvgIpc) is 2.40. The van der Waals surface area contributed by atoms with Crippen molar-refractivity contribution < 1.29 is 8.42 Å². The lowest BCUT2D eigenvalue weighted by Crippen LogP contribution is -1.84. The fourth-order valence-electron chi connectivity index (χ4n) is 0.969. The van der Waals surface area contributed by atoms with Gasteiger partial charge >= 0.3 is 0 Å². The molecule has 0 fully saturated rings. The third kappa shape index (κ3) is 1.35. The molecule has 0 aliphatic carbocycles. The molecule has 0 unspecified atom stereocenters. The van der Waals surface area contributed by atoms with Crippen LogP contribution >= 0.6 is 11.3 Å². The zero-order valence-corrected chi connectivity index (χ0v) is 7.73. The second-order valence-electron chi connectivity index (χ2n) is 2.48. The highest BCUT2D eigenvalue weighted by molar-refractivity contribution is 7.97. The summed E-state index contributed by atoms with van der Waals surface area (Å²) in [4.78, 5) is 0. The van der Waals surface area contributed by atoms with Crippen molar-refractivity contribution in [3.05, 3.63) is 32.7 Å². The maximum absolute atomic E-state index is 11.1. The Balaban J connectivity index is 2.64. The number of fused-ring (bicyclic) bond motifs is 1. The van der Waals surface area contributed by atoms with Gasteiger partial charge in [-0.15, -0.1) is 0 Å². The van der Waals surface area contributed by atoms with Crippen LogP contribution in [-0.2, 0) is 9.84 Å². The Morgan fingerprint density at radius 3 is 2.00 bits per heavy atom. The Hall–Kier alpha value is -0.870. The minimum Gasteiger partial charge on any atom is -0.220 e. The van der Waals surface area contributed by atoms with Crippen LogP contribution in [0.25, 0.3) is 12.2 Å². The topological polar surface area (TPSA) is 34.1 Å². The van der Waals surface area contributed by atoms with Gasteiger partial charge in [0.05, 0.1) is 0 Å². The van der Waals surface area contributed by atoms with Crippen LogP contribution in [0, 0.1) is 0 Å². The molecular formula is C8H6O2S2. The van der Waals surface area contributed by atoms with Crippen molar-refractivity contribution in [1.29, 1.82) is 0 Å². The molecule has 0 N–H and O–H groups in total. The Labute approximate surface area is 74.8 Å². The van der Waals surface area contributed by atoms with Gasteiger partial charge in [-0.2, -0.15) is 11.3 Å². The van der Waals surface area contributed by atoms with Crippen LogP contribution in [0.1, 0.15) is 11.1 Å². The SMILES string of the molecule is O=S1(=O)C=Cc2cscc2C=C1. The summed E-state index contributed by atoms with van der Waals surface area (Å²) in [6, 6.07) is 0. The molecule has 2 heterocycles. The minimum atomic E-state index is -3.11. The van der Waals surface area contributed by atoms with Gasteiger partial charge in [0.15, 0.2) is 9.84 Å². The van der Waals surface area contributed by atoms with Crippen molar-refractivity contribution in [2.24, 2.45) is 0 Å². The standard InChI is InChI=1S/C8H6O2S2/c9-12(10)3-1-7-5-11-6-8(7)2-4-12/h1-6H. The Morgan fingerprint density at radius 1 is 1.00 bits per heavy atom. The summed E-state index contributed by atoms with van der Waals surface area (Å²) >= 11 is 1.57. The number of rotatable bonds is 0. The van der Waals surface area contributed by atoms with Gasteiger partial charge in [0, 0.05) is 10.8 Å². The molecule has 0 atom stereocenters. The first kappa shape index (κ1) is 7.76. The van der Waals surface area contributed by atoms with Gasteiger partial charge in [0.2, 0.25) is 0 Å². The summed E-state index contributed by atoms with van der Waals surface area (Å²) in [6.07, 6.45) is 3.25. The molecule has 62 valence electrons. The van der Waals surface area contributed by atoms with Crippen LogP contribution in [-0.4, -0.2) is 8.42 Å². The van der Waals surface area contributed by atoms with Crippen molar-refractivity contribution >= 4 is 33.3 Å². The van der Waals surface area contributed by atoms with E-state index in [-0.39, 0.29) is 0 Å². The second-order valence-corrected chi connectivity index (χ2v) is 4.94. The molecule has 0 saturated carbocycles. The number of thiophene rings is 1. The molecule has 1 aliphatic heterocycles. The molecule has 0 bridgehead atoms. The molecule has 1 aromatic heterocycles. The molecular weight excluding hydrogens is 192 g/mol. The Kier molecular flexibility index (Phi) is 1.66. The monoisotopic (exact) mass is 198 g/mol. The Morgan fingerprint density at radius 2 is 1.50 bits per heavy atom. The summed E-state index contributed by atoms with van der Waals surface area (Å²) in [7, 11) is -3.11. The van der Waals surface area contributed by atoms with E-state index in [0.717, 1.165) is 11.1 Å². The maximum Gasteiger partial charge on any atom is 0.193 e. The van der Waals surface area contributed by atoms with Gasteiger partial charge < -0.3 is 0 Å². The summed E-state index contributed by atoms with van der Waals surface area (Å²) in [6.45, 7) is 0. The van der Waals surface area contributed by atoms with Gasteiger partial charge in [-0.1, -0.05) is 0 Å². The van der Waals surface area contributed by atoms with Crippen molar-refractivity contribution in [2.75, 3.05) is 0 Å². The fraction of sp³-hybridized carbons (Fsp3) is 0. The summed E-state index contributed by atoms with van der Waals surface area (Å²) in [5.74, 6) is 0. The predicted octanol–water partition coefficient (Wildman–Crippen LogP) is 2.12. The summed E-state index contributed by atoms with van der Waals surface area (Å²) < 4.78 is 22.1. The number of sulfone groups is 1. The van der Waals surface area contributed by atoms with Gasteiger partial charge in [0.25, 0.3) is 0 Å². The average molecular weight is 198 g/mol. The molecule has 1 aliphatic rings. The van der Waals surface area contributed by atoms with E-state index >= 15 is 0 Å². The van der Waals surface area contributed by atoms with Crippen molar-refractivity contribution in [1.82, 2.24) is 0 Å². The molecule has 0 radical (unpaired) electrons. The lowest BCUT2D eigenvalue weighted by atomic mass is 10.2. The van der Waals surface area contributed by atoms with Crippen molar-refractivity contribution in [3.63, 3.8) is 0 Å². The van der Waals surface area contributed by atoms with E-state index in [1.54, 1.807) is 23.5 Å². The van der Waals surface area contributed by atoms with Crippen molar-refractivity contribution in [3.8, 4) is 0 Å². The molecule has 0 spiro atoms. The first-order chi connectivity index (χ1) is 5.67. The fourth-order valence-corrected chi connectivity index (χ4v) is 2.52. The largest absolute Gasteiger partial charge is 0.220 e. The third-order valence-corrected chi connectivity index (χ3v) is 3.41. The quantitative estimate of drug-likeness (QED) is 0.640. The second kappa shape index (κ2) is 2.57. The highest BCUT2D eigenvalue weighted by atomic mass is 32.2. The first-order valence-electron chi connectivity index (χ1n) is 3.35. The molecule has 2 rings (SSSR count). The summed E-state index contributed by atoms with van der Waals surface area (Å²) in [5.41, 5.74) is 1.94. The minimum absolute atomic E-state index is 0.970. The van der Waals surface area contributed by atoms with Crippen molar-refractivity contribution in [2.45, 2.75) is 0 Å². The molecule has 2 nitrogen and oxygen atoms in total. The van der Waals surface area contributed by atoms with Crippen LogP contribution in [0.2, 0.25) is 0 Å². The number of hydrogen-bond acceptors (Lipinski definition) is 3.